The molecule has 0 saturated heterocycles. The van der Waals surface area contributed by atoms with Gasteiger partial charge in [-0.05, 0) is 28.3 Å². The third-order valence-electron chi connectivity index (χ3n) is 5.30. The van der Waals surface area contributed by atoms with E-state index in [0.717, 1.165) is 53.1 Å². The molecule has 4 rings (SSSR count). The second-order valence-electron chi connectivity index (χ2n) is 7.29. The fraction of sp³-hybridized carbons (Fsp3) is 0.304. The number of benzene rings is 2. The fourth-order valence-corrected chi connectivity index (χ4v) is 3.94. The van der Waals surface area contributed by atoms with Crippen LogP contribution in [-0.2, 0) is 19.6 Å². The molecule has 1 aromatic heterocycles. The summed E-state index contributed by atoms with van der Waals surface area (Å²) < 4.78 is 2.04. The van der Waals surface area contributed by atoms with Gasteiger partial charge in [0.2, 0.25) is 0 Å². The molecular formula is C23H24ClKN5O+. The van der Waals surface area contributed by atoms with Gasteiger partial charge in [-0.15, -0.1) is 5.10 Å². The smallest absolute Gasteiger partial charge is 0.390 e. The summed E-state index contributed by atoms with van der Waals surface area (Å²) >= 11 is 6.26. The maximum absolute atomic E-state index is 9.77. The van der Waals surface area contributed by atoms with E-state index in [-0.39, 0.29) is 58.0 Å². The molecule has 6 nitrogen and oxygen atoms in total. The normalized spacial score (nSPS) is 12.7. The summed E-state index contributed by atoms with van der Waals surface area (Å²) in [5.74, 6) is 0.923. The minimum absolute atomic E-state index is 0. The van der Waals surface area contributed by atoms with Gasteiger partial charge in [-0.25, -0.2) is 4.98 Å². The molecule has 1 aliphatic rings. The largest absolute Gasteiger partial charge is 1.00 e. The number of aromatic nitrogens is 2. The molecule has 0 atom stereocenters. The van der Waals surface area contributed by atoms with Crippen LogP contribution < -0.4 is 51.4 Å². The molecule has 8 heteroatoms. The van der Waals surface area contributed by atoms with Gasteiger partial charge in [-0.3, -0.25) is 0 Å². The van der Waals surface area contributed by atoms with E-state index >= 15 is 0 Å². The molecule has 0 fully saturated rings. The maximum atomic E-state index is 9.77. The fourth-order valence-electron chi connectivity index (χ4n) is 3.68. The SMILES string of the molecule is CCCCc1nc(Cl)c(CO)n1Cc1ccc(-c2ccccc2C2=NN=NC2)cc1.[K+]. The van der Waals surface area contributed by atoms with E-state index < -0.39 is 0 Å². The maximum Gasteiger partial charge on any atom is 1.00 e. The van der Waals surface area contributed by atoms with Crippen molar-refractivity contribution >= 4 is 17.3 Å². The number of halogens is 1. The van der Waals surface area contributed by atoms with Crippen molar-refractivity contribution in [2.75, 3.05) is 6.54 Å². The average molecular weight is 461 g/mol. The molecule has 0 radical (unpaired) electrons. The van der Waals surface area contributed by atoms with Gasteiger partial charge in [-0.2, -0.15) is 5.11 Å². The molecule has 31 heavy (non-hydrogen) atoms. The molecule has 2 aromatic carbocycles. The summed E-state index contributed by atoms with van der Waals surface area (Å²) in [4.78, 5) is 4.47. The molecule has 0 amide bonds. The number of aliphatic hydroxyl groups is 1. The number of imidazole rings is 1. The Morgan fingerprint density at radius 2 is 1.81 bits per heavy atom. The first-order valence-electron chi connectivity index (χ1n) is 10.2. The van der Waals surface area contributed by atoms with Crippen molar-refractivity contribution in [1.29, 1.82) is 0 Å². The van der Waals surface area contributed by atoms with E-state index in [9.17, 15) is 5.11 Å². The van der Waals surface area contributed by atoms with Crippen molar-refractivity contribution in [3.8, 4) is 11.1 Å². The molecule has 0 spiro atoms. The van der Waals surface area contributed by atoms with Crippen LogP contribution in [0.3, 0.4) is 0 Å². The third-order valence-corrected chi connectivity index (χ3v) is 5.60. The van der Waals surface area contributed by atoms with Gasteiger partial charge in [0.25, 0.3) is 0 Å². The molecule has 0 bridgehead atoms. The average Bonchev–Trinajstić information content (AvgIpc) is 3.41. The number of hydrogen-bond donors (Lipinski definition) is 1. The molecule has 0 aliphatic carbocycles. The number of aliphatic hydroxyl groups excluding tert-OH is 1. The summed E-state index contributed by atoms with van der Waals surface area (Å²) in [6, 6.07) is 16.6. The quantitative estimate of drug-likeness (QED) is 0.523. The first-order chi connectivity index (χ1) is 14.7. The Labute approximate surface area is 229 Å². The van der Waals surface area contributed by atoms with E-state index in [1.807, 2.05) is 16.7 Å². The van der Waals surface area contributed by atoms with Crippen molar-refractivity contribution in [2.45, 2.75) is 39.3 Å². The number of rotatable bonds is 8. The summed E-state index contributed by atoms with van der Waals surface area (Å²) in [6.07, 6.45) is 2.97. The van der Waals surface area contributed by atoms with Gasteiger partial charge in [0.1, 0.15) is 12.4 Å². The number of hydrogen-bond acceptors (Lipinski definition) is 5. The van der Waals surface area contributed by atoms with Crippen LogP contribution in [-0.4, -0.2) is 26.9 Å². The zero-order valence-corrected chi connectivity index (χ0v) is 21.8. The first-order valence-corrected chi connectivity index (χ1v) is 10.6. The van der Waals surface area contributed by atoms with Crippen LogP contribution in [0.25, 0.3) is 11.1 Å². The van der Waals surface area contributed by atoms with Gasteiger partial charge in [0.05, 0.1) is 18.0 Å². The molecule has 1 aliphatic heterocycles. The van der Waals surface area contributed by atoms with Crippen LogP contribution in [0.15, 0.2) is 64.0 Å². The third kappa shape index (κ3) is 5.60. The Bertz CT molecular complexity index is 1090. The second kappa shape index (κ2) is 11.6. The summed E-state index contributed by atoms with van der Waals surface area (Å²) in [5.41, 5.74) is 5.96. The topological polar surface area (TPSA) is 75.1 Å². The Morgan fingerprint density at radius 1 is 1.06 bits per heavy atom. The van der Waals surface area contributed by atoms with Crippen LogP contribution in [0.4, 0.5) is 0 Å². The van der Waals surface area contributed by atoms with Gasteiger partial charge in [0.15, 0.2) is 5.15 Å². The standard InChI is InChI=1S/C23H24ClN5O.K/c1-2-3-8-22-26-23(24)21(15-30)29(22)14-16-9-11-17(12-10-16)18-6-4-5-7-19(18)20-13-25-28-27-20;/h4-7,9-12,30H,2-3,8,13-15H2,1H3;/q;+1. The molecule has 3 aromatic rings. The number of aryl methyl sites for hydroxylation is 1. The van der Waals surface area contributed by atoms with Crippen LogP contribution in [0.2, 0.25) is 5.15 Å². The Morgan fingerprint density at radius 3 is 2.45 bits per heavy atom. The van der Waals surface area contributed by atoms with Crippen LogP contribution in [0.5, 0.6) is 0 Å². The zero-order valence-electron chi connectivity index (χ0n) is 17.9. The second-order valence-corrected chi connectivity index (χ2v) is 7.65. The molecular weight excluding hydrogens is 437 g/mol. The van der Waals surface area contributed by atoms with Gasteiger partial charge < -0.3 is 9.67 Å². The minimum Gasteiger partial charge on any atom is -0.390 e. The molecule has 1 N–H and O–H groups in total. The molecule has 0 saturated carbocycles. The summed E-state index contributed by atoms with van der Waals surface area (Å²) in [6.45, 7) is 3.17. The number of unbranched alkanes of at least 4 members (excludes halogenated alkanes) is 1. The predicted octanol–water partition coefficient (Wildman–Crippen LogP) is 2.26. The van der Waals surface area contributed by atoms with E-state index in [1.54, 1.807) is 0 Å². The summed E-state index contributed by atoms with van der Waals surface area (Å²) in [5, 5.41) is 22.0. The van der Waals surface area contributed by atoms with Crippen LogP contribution in [0, 0.1) is 0 Å². The van der Waals surface area contributed by atoms with Crippen molar-refractivity contribution in [1.82, 2.24) is 9.55 Å². The monoisotopic (exact) mass is 460 g/mol. The van der Waals surface area contributed by atoms with Gasteiger partial charge >= 0.3 is 51.4 Å². The van der Waals surface area contributed by atoms with Crippen molar-refractivity contribution in [3.05, 3.63) is 76.3 Å². The summed E-state index contributed by atoms with van der Waals surface area (Å²) in [7, 11) is 0. The van der Waals surface area contributed by atoms with Gasteiger partial charge in [-0.1, -0.05) is 73.5 Å². The molecule has 2 heterocycles. The Balaban J connectivity index is 0.00000272. The van der Waals surface area contributed by atoms with Crippen molar-refractivity contribution < 1.29 is 56.5 Å². The van der Waals surface area contributed by atoms with Crippen molar-refractivity contribution in [3.63, 3.8) is 0 Å². The van der Waals surface area contributed by atoms with Crippen molar-refractivity contribution in [2.24, 2.45) is 15.4 Å². The Kier molecular flexibility index (Phi) is 9.15. The van der Waals surface area contributed by atoms with E-state index in [1.165, 1.54) is 0 Å². The number of nitrogens with zero attached hydrogens (tertiary/aromatic N) is 5. The molecule has 154 valence electrons. The van der Waals surface area contributed by atoms with E-state index in [2.05, 4.69) is 63.7 Å². The van der Waals surface area contributed by atoms with Crippen LogP contribution >= 0.6 is 11.6 Å². The van der Waals surface area contributed by atoms with Gasteiger partial charge in [0, 0.05) is 18.5 Å². The predicted molar refractivity (Wildman–Crippen MR) is 119 cm³/mol. The Hall–Kier alpha value is -1.19. The minimum atomic E-state index is -0.123. The van der Waals surface area contributed by atoms with E-state index in [0.29, 0.717) is 23.9 Å². The zero-order chi connectivity index (χ0) is 20.9. The molecule has 0 unspecified atom stereocenters. The first kappa shape index (κ1) is 24.4. The van der Waals surface area contributed by atoms with Crippen LogP contribution in [0.1, 0.15) is 42.4 Å². The van der Waals surface area contributed by atoms with E-state index in [4.69, 9.17) is 11.6 Å².